The standard InChI is InChI=1S/C14H29N/c1-5-7-13(4)15(10-12(2)3)11-14-8-6-9-14/h12-14H,5-11H2,1-4H3. The van der Waals surface area contributed by atoms with Gasteiger partial charge >= 0.3 is 0 Å². The van der Waals surface area contributed by atoms with Crippen LogP contribution in [0, 0.1) is 11.8 Å². The van der Waals surface area contributed by atoms with Gasteiger partial charge in [0, 0.05) is 19.1 Å². The normalized spacial score (nSPS) is 19.6. The van der Waals surface area contributed by atoms with Crippen LogP contribution in [0.3, 0.4) is 0 Å². The first-order valence-corrected chi connectivity index (χ1v) is 6.87. The van der Waals surface area contributed by atoms with Gasteiger partial charge in [-0.3, -0.25) is 0 Å². The molecule has 0 N–H and O–H groups in total. The molecule has 0 aromatic rings. The zero-order valence-electron chi connectivity index (χ0n) is 11.1. The molecular formula is C14H29N. The van der Waals surface area contributed by atoms with Crippen LogP contribution in [0.15, 0.2) is 0 Å². The minimum Gasteiger partial charge on any atom is -0.300 e. The van der Waals surface area contributed by atoms with Crippen molar-refractivity contribution in [3.05, 3.63) is 0 Å². The summed E-state index contributed by atoms with van der Waals surface area (Å²) in [5.41, 5.74) is 0. The fraction of sp³-hybridized carbons (Fsp3) is 1.00. The fourth-order valence-corrected chi connectivity index (χ4v) is 2.51. The summed E-state index contributed by atoms with van der Waals surface area (Å²) >= 11 is 0. The first-order chi connectivity index (χ1) is 7.13. The molecule has 1 atom stereocenters. The Balaban J connectivity index is 2.35. The third-order valence-electron chi connectivity index (χ3n) is 3.65. The minimum atomic E-state index is 0.790. The second-order valence-corrected chi connectivity index (χ2v) is 5.78. The van der Waals surface area contributed by atoms with E-state index in [9.17, 15) is 0 Å². The Morgan fingerprint density at radius 3 is 2.27 bits per heavy atom. The van der Waals surface area contributed by atoms with E-state index < -0.39 is 0 Å². The van der Waals surface area contributed by atoms with Crippen LogP contribution in [0.1, 0.15) is 59.8 Å². The lowest BCUT2D eigenvalue weighted by atomic mass is 9.84. The molecule has 0 spiro atoms. The molecular weight excluding hydrogens is 182 g/mol. The molecule has 1 heteroatoms. The summed E-state index contributed by atoms with van der Waals surface area (Å²) < 4.78 is 0. The third-order valence-corrected chi connectivity index (χ3v) is 3.65. The molecule has 0 bridgehead atoms. The van der Waals surface area contributed by atoms with E-state index in [1.807, 2.05) is 0 Å². The van der Waals surface area contributed by atoms with Crippen LogP contribution in [0.25, 0.3) is 0 Å². The van der Waals surface area contributed by atoms with Crippen molar-refractivity contribution in [3.63, 3.8) is 0 Å². The van der Waals surface area contributed by atoms with E-state index in [0.717, 1.165) is 17.9 Å². The Kier molecular flexibility index (Phi) is 5.66. The molecule has 1 nitrogen and oxygen atoms in total. The predicted molar refractivity (Wildman–Crippen MR) is 68.1 cm³/mol. The van der Waals surface area contributed by atoms with E-state index in [4.69, 9.17) is 0 Å². The average molecular weight is 211 g/mol. The van der Waals surface area contributed by atoms with Crippen molar-refractivity contribution < 1.29 is 0 Å². The van der Waals surface area contributed by atoms with Gasteiger partial charge in [0.1, 0.15) is 0 Å². The Bertz CT molecular complexity index is 161. The van der Waals surface area contributed by atoms with E-state index in [0.29, 0.717) is 0 Å². The summed E-state index contributed by atoms with van der Waals surface area (Å²) in [5.74, 6) is 1.83. The molecule has 0 heterocycles. The van der Waals surface area contributed by atoms with Gasteiger partial charge in [-0.25, -0.2) is 0 Å². The number of hydrogen-bond donors (Lipinski definition) is 0. The Labute approximate surface area is 96.2 Å². The first kappa shape index (κ1) is 13.0. The third kappa shape index (κ3) is 4.55. The summed E-state index contributed by atoms with van der Waals surface area (Å²) in [6.45, 7) is 12.0. The smallest absolute Gasteiger partial charge is 0.00670 e. The number of hydrogen-bond acceptors (Lipinski definition) is 1. The Morgan fingerprint density at radius 1 is 1.20 bits per heavy atom. The van der Waals surface area contributed by atoms with Gasteiger partial charge in [0.15, 0.2) is 0 Å². The minimum absolute atomic E-state index is 0.790. The number of nitrogens with zero attached hydrogens (tertiary/aromatic N) is 1. The molecule has 0 aliphatic heterocycles. The summed E-state index contributed by atoms with van der Waals surface area (Å²) in [6, 6.07) is 0.790. The molecule has 1 aliphatic carbocycles. The fourth-order valence-electron chi connectivity index (χ4n) is 2.51. The maximum Gasteiger partial charge on any atom is 0.00670 e. The summed E-state index contributed by atoms with van der Waals surface area (Å²) in [6.07, 6.45) is 7.11. The van der Waals surface area contributed by atoms with E-state index in [-0.39, 0.29) is 0 Å². The predicted octanol–water partition coefficient (Wildman–Crippen LogP) is 3.93. The molecule has 0 radical (unpaired) electrons. The van der Waals surface area contributed by atoms with Crippen LogP contribution in [-0.4, -0.2) is 24.0 Å². The molecule has 0 saturated heterocycles. The quantitative estimate of drug-likeness (QED) is 0.616. The maximum atomic E-state index is 2.73. The molecule has 15 heavy (non-hydrogen) atoms. The monoisotopic (exact) mass is 211 g/mol. The van der Waals surface area contributed by atoms with E-state index >= 15 is 0 Å². The molecule has 0 aromatic heterocycles. The van der Waals surface area contributed by atoms with Gasteiger partial charge in [0.25, 0.3) is 0 Å². The Morgan fingerprint density at radius 2 is 1.87 bits per heavy atom. The van der Waals surface area contributed by atoms with Gasteiger partial charge in [-0.1, -0.05) is 33.6 Å². The lowest BCUT2D eigenvalue weighted by molar-refractivity contribution is 0.121. The largest absolute Gasteiger partial charge is 0.300 e. The van der Waals surface area contributed by atoms with Crippen LogP contribution >= 0.6 is 0 Å². The molecule has 1 saturated carbocycles. The molecule has 1 aliphatic rings. The highest BCUT2D eigenvalue weighted by atomic mass is 15.2. The van der Waals surface area contributed by atoms with Crippen molar-refractivity contribution in [3.8, 4) is 0 Å². The van der Waals surface area contributed by atoms with E-state index in [2.05, 4.69) is 32.6 Å². The van der Waals surface area contributed by atoms with Crippen LogP contribution in [0.4, 0.5) is 0 Å². The second-order valence-electron chi connectivity index (χ2n) is 5.78. The summed E-state index contributed by atoms with van der Waals surface area (Å²) in [5, 5.41) is 0. The van der Waals surface area contributed by atoms with Gasteiger partial charge in [0.2, 0.25) is 0 Å². The van der Waals surface area contributed by atoms with Crippen molar-refractivity contribution in [1.29, 1.82) is 0 Å². The number of rotatable bonds is 7. The molecule has 90 valence electrons. The van der Waals surface area contributed by atoms with Crippen molar-refractivity contribution in [1.82, 2.24) is 4.90 Å². The van der Waals surface area contributed by atoms with Crippen molar-refractivity contribution in [2.45, 2.75) is 65.8 Å². The van der Waals surface area contributed by atoms with Gasteiger partial charge in [-0.2, -0.15) is 0 Å². The SMILES string of the molecule is CCCC(C)N(CC(C)C)CC1CCC1. The molecule has 1 rings (SSSR count). The zero-order chi connectivity index (χ0) is 11.3. The molecule has 0 aromatic carbocycles. The van der Waals surface area contributed by atoms with Gasteiger partial charge in [0.05, 0.1) is 0 Å². The Hall–Kier alpha value is -0.0400. The van der Waals surface area contributed by atoms with Crippen molar-refractivity contribution in [2.24, 2.45) is 11.8 Å². The maximum absolute atomic E-state index is 2.73. The summed E-state index contributed by atoms with van der Waals surface area (Å²) in [7, 11) is 0. The lowest BCUT2D eigenvalue weighted by Gasteiger charge is -2.37. The van der Waals surface area contributed by atoms with Crippen LogP contribution in [-0.2, 0) is 0 Å². The van der Waals surface area contributed by atoms with E-state index in [1.54, 1.807) is 0 Å². The van der Waals surface area contributed by atoms with Crippen molar-refractivity contribution in [2.75, 3.05) is 13.1 Å². The summed E-state index contributed by atoms with van der Waals surface area (Å²) in [4.78, 5) is 2.73. The van der Waals surface area contributed by atoms with Gasteiger partial charge in [-0.05, 0) is 38.0 Å². The molecule has 0 amide bonds. The van der Waals surface area contributed by atoms with Crippen LogP contribution in [0.2, 0.25) is 0 Å². The van der Waals surface area contributed by atoms with E-state index in [1.165, 1.54) is 45.2 Å². The van der Waals surface area contributed by atoms with Crippen LogP contribution in [0.5, 0.6) is 0 Å². The average Bonchev–Trinajstić information content (AvgIpc) is 2.08. The highest BCUT2D eigenvalue weighted by Crippen LogP contribution is 2.28. The lowest BCUT2D eigenvalue weighted by Crippen LogP contribution is -2.41. The molecule has 1 fully saturated rings. The first-order valence-electron chi connectivity index (χ1n) is 6.87. The topological polar surface area (TPSA) is 3.24 Å². The highest BCUT2D eigenvalue weighted by molar-refractivity contribution is 4.77. The second kappa shape index (κ2) is 6.52. The van der Waals surface area contributed by atoms with Crippen LogP contribution < -0.4 is 0 Å². The zero-order valence-corrected chi connectivity index (χ0v) is 11.1. The van der Waals surface area contributed by atoms with Crippen molar-refractivity contribution >= 4 is 0 Å². The van der Waals surface area contributed by atoms with Gasteiger partial charge in [-0.15, -0.1) is 0 Å². The highest BCUT2D eigenvalue weighted by Gasteiger charge is 2.23. The van der Waals surface area contributed by atoms with Gasteiger partial charge < -0.3 is 4.90 Å². The molecule has 1 unspecified atom stereocenters.